The van der Waals surface area contributed by atoms with Crippen LogP contribution in [0.25, 0.3) is 0 Å². The van der Waals surface area contributed by atoms with Crippen molar-refractivity contribution in [2.24, 2.45) is 0 Å². The van der Waals surface area contributed by atoms with E-state index in [9.17, 15) is 9.59 Å². The zero-order valence-corrected chi connectivity index (χ0v) is 13.7. The molecule has 23 heavy (non-hydrogen) atoms. The lowest BCUT2D eigenvalue weighted by molar-refractivity contribution is -0.131. The van der Waals surface area contributed by atoms with Gasteiger partial charge in [-0.15, -0.1) is 13.2 Å². The van der Waals surface area contributed by atoms with Gasteiger partial charge in [0.15, 0.2) is 0 Å². The van der Waals surface area contributed by atoms with Gasteiger partial charge in [0.2, 0.25) is 5.91 Å². The van der Waals surface area contributed by atoms with Crippen LogP contribution in [0.3, 0.4) is 0 Å². The molecule has 0 aliphatic heterocycles. The summed E-state index contributed by atoms with van der Waals surface area (Å²) in [5.41, 5.74) is 0.410. The molecule has 2 amide bonds. The van der Waals surface area contributed by atoms with Crippen molar-refractivity contribution in [1.29, 1.82) is 0 Å². The number of hydrogen-bond donors (Lipinski definition) is 1. The van der Waals surface area contributed by atoms with E-state index in [1.807, 2.05) is 6.92 Å². The third-order valence-corrected chi connectivity index (χ3v) is 3.16. The molecule has 1 rings (SSSR count). The van der Waals surface area contributed by atoms with E-state index in [0.717, 1.165) is 0 Å². The minimum Gasteiger partial charge on any atom is -0.493 e. The van der Waals surface area contributed by atoms with Crippen molar-refractivity contribution < 1.29 is 14.3 Å². The molecule has 0 aromatic heterocycles. The maximum absolute atomic E-state index is 12.4. The van der Waals surface area contributed by atoms with Crippen LogP contribution in [-0.4, -0.2) is 42.5 Å². The molecule has 1 aromatic rings. The topological polar surface area (TPSA) is 58.6 Å². The Morgan fingerprint density at radius 2 is 1.87 bits per heavy atom. The monoisotopic (exact) mass is 316 g/mol. The highest BCUT2D eigenvalue weighted by Crippen LogP contribution is 2.17. The fourth-order valence-electron chi connectivity index (χ4n) is 2.11. The molecule has 124 valence electrons. The first-order valence-electron chi connectivity index (χ1n) is 7.58. The number of para-hydroxylation sites is 1. The second-order valence-electron chi connectivity index (χ2n) is 4.94. The molecule has 0 spiro atoms. The van der Waals surface area contributed by atoms with Gasteiger partial charge in [-0.1, -0.05) is 24.3 Å². The first-order valence-corrected chi connectivity index (χ1v) is 7.58. The Hall–Kier alpha value is -2.56. The van der Waals surface area contributed by atoms with Gasteiger partial charge in [-0.2, -0.15) is 0 Å². The van der Waals surface area contributed by atoms with Crippen molar-refractivity contribution >= 4 is 11.8 Å². The molecule has 0 aliphatic rings. The van der Waals surface area contributed by atoms with Gasteiger partial charge < -0.3 is 15.0 Å². The van der Waals surface area contributed by atoms with Crippen molar-refractivity contribution in [2.45, 2.75) is 19.9 Å². The second-order valence-corrected chi connectivity index (χ2v) is 4.94. The zero-order valence-electron chi connectivity index (χ0n) is 13.7. The summed E-state index contributed by atoms with van der Waals surface area (Å²) < 4.78 is 5.44. The molecular formula is C18H24N2O3. The van der Waals surface area contributed by atoms with E-state index in [2.05, 4.69) is 18.5 Å². The molecule has 1 unspecified atom stereocenters. The number of nitrogens with one attached hydrogen (secondary N) is 1. The van der Waals surface area contributed by atoms with Gasteiger partial charge in [-0.05, 0) is 26.0 Å². The first kappa shape index (κ1) is 18.5. The zero-order chi connectivity index (χ0) is 17.2. The summed E-state index contributed by atoms with van der Waals surface area (Å²) in [5.74, 6) is -0.0275. The summed E-state index contributed by atoms with van der Waals surface area (Å²) >= 11 is 0. The average molecular weight is 316 g/mol. The SMILES string of the molecule is C=CCN(CC=C)C(=O)C(C)NC(=O)c1ccccc1OCC. The largest absolute Gasteiger partial charge is 0.493 e. The molecule has 0 bridgehead atoms. The van der Waals surface area contributed by atoms with Gasteiger partial charge in [-0.25, -0.2) is 0 Å². The van der Waals surface area contributed by atoms with Crippen LogP contribution in [0.2, 0.25) is 0 Å². The fourth-order valence-corrected chi connectivity index (χ4v) is 2.11. The molecule has 1 N–H and O–H groups in total. The normalized spacial score (nSPS) is 11.2. The number of hydrogen-bond acceptors (Lipinski definition) is 3. The van der Waals surface area contributed by atoms with Crippen LogP contribution in [-0.2, 0) is 4.79 Å². The third-order valence-electron chi connectivity index (χ3n) is 3.16. The predicted octanol–water partition coefficient (Wildman–Crippen LogP) is 2.40. The van der Waals surface area contributed by atoms with Gasteiger partial charge in [0, 0.05) is 13.1 Å². The van der Waals surface area contributed by atoms with Crippen molar-refractivity contribution in [3.8, 4) is 5.75 Å². The van der Waals surface area contributed by atoms with E-state index < -0.39 is 6.04 Å². The predicted molar refractivity (Wildman–Crippen MR) is 91.5 cm³/mol. The van der Waals surface area contributed by atoms with Gasteiger partial charge in [-0.3, -0.25) is 9.59 Å². The molecule has 5 nitrogen and oxygen atoms in total. The summed E-state index contributed by atoms with van der Waals surface area (Å²) in [6.45, 7) is 12.0. The Bertz CT molecular complexity index is 559. The summed E-state index contributed by atoms with van der Waals surface area (Å²) in [5, 5.41) is 2.71. The van der Waals surface area contributed by atoms with Crippen LogP contribution in [0.1, 0.15) is 24.2 Å². The molecule has 0 radical (unpaired) electrons. The van der Waals surface area contributed by atoms with Gasteiger partial charge in [0.05, 0.1) is 12.2 Å². The standard InChI is InChI=1S/C18H24N2O3/c1-5-12-20(13-6-2)18(22)14(4)19-17(21)15-10-8-9-11-16(15)23-7-3/h5-6,8-11,14H,1-2,7,12-13H2,3-4H3,(H,19,21). The summed E-state index contributed by atoms with van der Waals surface area (Å²) in [7, 11) is 0. The third kappa shape index (κ3) is 5.29. The molecule has 5 heteroatoms. The molecule has 1 atom stereocenters. The van der Waals surface area contributed by atoms with E-state index in [1.165, 1.54) is 0 Å². The van der Waals surface area contributed by atoms with Gasteiger partial charge in [0.1, 0.15) is 11.8 Å². The summed E-state index contributed by atoms with van der Waals surface area (Å²) in [4.78, 5) is 26.3. The van der Waals surface area contributed by atoms with E-state index in [1.54, 1.807) is 48.2 Å². The minimum absolute atomic E-state index is 0.188. The van der Waals surface area contributed by atoms with Crippen molar-refractivity contribution in [2.75, 3.05) is 19.7 Å². The van der Waals surface area contributed by atoms with Crippen LogP contribution >= 0.6 is 0 Å². The van der Waals surface area contributed by atoms with E-state index in [-0.39, 0.29) is 11.8 Å². The number of rotatable bonds is 9. The molecule has 0 saturated heterocycles. The quantitative estimate of drug-likeness (QED) is 0.712. The lowest BCUT2D eigenvalue weighted by Crippen LogP contribution is -2.47. The first-order chi connectivity index (χ1) is 11.0. The number of ether oxygens (including phenoxy) is 1. The Balaban J connectivity index is 2.81. The van der Waals surface area contributed by atoms with E-state index >= 15 is 0 Å². The molecule has 1 aromatic carbocycles. The molecular weight excluding hydrogens is 292 g/mol. The minimum atomic E-state index is -0.655. The number of nitrogens with zero attached hydrogens (tertiary/aromatic N) is 1. The Labute approximate surface area is 137 Å². The van der Waals surface area contributed by atoms with E-state index in [4.69, 9.17) is 4.74 Å². The van der Waals surface area contributed by atoms with Crippen molar-refractivity contribution in [3.05, 3.63) is 55.1 Å². The van der Waals surface area contributed by atoms with Crippen LogP contribution < -0.4 is 10.1 Å². The molecule has 0 aliphatic carbocycles. The number of carbonyl (C=O) groups excluding carboxylic acids is 2. The highest BCUT2D eigenvalue weighted by Gasteiger charge is 2.22. The number of amides is 2. The fraction of sp³-hybridized carbons (Fsp3) is 0.333. The number of carbonyl (C=O) groups is 2. The Morgan fingerprint density at radius 1 is 1.26 bits per heavy atom. The van der Waals surface area contributed by atoms with Crippen molar-refractivity contribution in [1.82, 2.24) is 10.2 Å². The smallest absolute Gasteiger partial charge is 0.255 e. The van der Waals surface area contributed by atoms with Gasteiger partial charge in [0.25, 0.3) is 5.91 Å². The summed E-state index contributed by atoms with van der Waals surface area (Å²) in [6.07, 6.45) is 3.28. The highest BCUT2D eigenvalue weighted by atomic mass is 16.5. The second kappa shape index (κ2) is 9.46. The lowest BCUT2D eigenvalue weighted by Gasteiger charge is -2.24. The van der Waals surface area contributed by atoms with Crippen molar-refractivity contribution in [3.63, 3.8) is 0 Å². The van der Waals surface area contributed by atoms with Crippen LogP contribution in [0.15, 0.2) is 49.6 Å². The lowest BCUT2D eigenvalue weighted by atomic mass is 10.1. The summed E-state index contributed by atoms with van der Waals surface area (Å²) in [6, 6.07) is 6.30. The Kier molecular flexibility index (Phi) is 7.60. The Morgan fingerprint density at radius 3 is 2.43 bits per heavy atom. The van der Waals surface area contributed by atoms with E-state index in [0.29, 0.717) is 31.0 Å². The average Bonchev–Trinajstić information content (AvgIpc) is 2.54. The highest BCUT2D eigenvalue weighted by molar-refractivity contribution is 5.99. The molecule has 0 saturated carbocycles. The van der Waals surface area contributed by atoms with Crippen LogP contribution in [0.5, 0.6) is 5.75 Å². The maximum atomic E-state index is 12.4. The van der Waals surface area contributed by atoms with Crippen LogP contribution in [0.4, 0.5) is 0 Å². The van der Waals surface area contributed by atoms with Gasteiger partial charge >= 0.3 is 0 Å². The molecule has 0 fully saturated rings. The maximum Gasteiger partial charge on any atom is 0.255 e. The molecule has 0 heterocycles. The van der Waals surface area contributed by atoms with Crippen LogP contribution in [0, 0.1) is 0 Å². The number of benzene rings is 1.